The molecule has 0 N–H and O–H groups in total. The van der Waals surface area contributed by atoms with Crippen LogP contribution in [0.1, 0.15) is 72.2 Å². The molecule has 0 fully saturated rings. The van der Waals surface area contributed by atoms with Crippen molar-refractivity contribution in [2.75, 3.05) is 0 Å². The van der Waals surface area contributed by atoms with Gasteiger partial charge in [0.15, 0.2) is 17.5 Å². The van der Waals surface area contributed by atoms with Gasteiger partial charge in [-0.2, -0.15) is 20.2 Å². The fourth-order valence-electron chi connectivity index (χ4n) is 2.98. The van der Waals surface area contributed by atoms with Crippen LogP contribution < -0.4 is 0 Å². The Morgan fingerprint density at radius 3 is 1.10 bits per heavy atom. The SMILES string of the molecule is CC.Cc1coc(C)n1.Cc1ncn(C)n1.Cc1ncn(C)n1.Cc1ncnc(C)n1.Cc1noc(C)n1.Cc1noc(C)n1.Cn1ccnc1. The second-order valence-electron chi connectivity index (χ2n) is 9.97. The summed E-state index contributed by atoms with van der Waals surface area (Å²) in [4.78, 5) is 34.7. The van der Waals surface area contributed by atoms with Gasteiger partial charge in [0.2, 0.25) is 11.8 Å². The number of hydrogen-bond donors (Lipinski definition) is 0. The summed E-state index contributed by atoms with van der Waals surface area (Å²) in [6, 6.07) is 0. The molecule has 0 bridgehead atoms. The maximum absolute atomic E-state index is 4.85. The summed E-state index contributed by atoms with van der Waals surface area (Å²) in [6.07, 6.45) is 11.9. The summed E-state index contributed by atoms with van der Waals surface area (Å²) in [5.41, 5.74) is 0.942. The molecule has 7 aromatic heterocycles. The normalized spacial score (nSPS) is 9.08. The van der Waals surface area contributed by atoms with Crippen LogP contribution in [0, 0.1) is 69.2 Å². The topological polar surface area (TPSA) is 222 Å². The van der Waals surface area contributed by atoms with Crippen LogP contribution in [0.4, 0.5) is 0 Å². The van der Waals surface area contributed by atoms with E-state index in [4.69, 9.17) is 4.42 Å². The zero-order valence-electron chi connectivity index (χ0n) is 32.4. The highest BCUT2D eigenvalue weighted by molar-refractivity contribution is 4.90. The molecule has 51 heavy (non-hydrogen) atoms. The molecule has 0 aromatic carbocycles. The van der Waals surface area contributed by atoms with E-state index in [0.29, 0.717) is 23.4 Å². The first-order valence-corrected chi connectivity index (χ1v) is 15.7. The molecule has 7 rings (SSSR count). The van der Waals surface area contributed by atoms with E-state index in [1.165, 1.54) is 6.33 Å². The Morgan fingerprint density at radius 1 is 0.510 bits per heavy atom. The summed E-state index contributed by atoms with van der Waals surface area (Å²) in [5, 5.41) is 14.9. The Hall–Kier alpha value is -6.01. The standard InChI is InChI=1S/C5H7N3.C5H7NO.2C4H7N3.2C4H6N2O.C4H6N2.C2H6/c1-4-6-3-7-5(2)8-4;1-4-3-7-5(2)6-4;2*1-4-5-3-7(2)6-4;2*1-3-5-4(2)7-6-3;1-6-3-2-5-4-6;1-2/h3H,1-2H3;3*3H,1-2H3;2*1-2H3;2-4H,1H3;1-2H3. The first kappa shape index (κ1) is 45.0. The molecule has 0 aliphatic carbocycles. The van der Waals surface area contributed by atoms with Gasteiger partial charge < -0.3 is 18.0 Å². The van der Waals surface area contributed by atoms with E-state index in [1.54, 1.807) is 68.5 Å². The van der Waals surface area contributed by atoms with Crippen LogP contribution in [-0.2, 0) is 21.1 Å². The molecule has 0 unspecified atom stereocenters. The van der Waals surface area contributed by atoms with E-state index in [9.17, 15) is 0 Å². The van der Waals surface area contributed by atoms with Crippen molar-refractivity contribution in [3.63, 3.8) is 0 Å². The third-order valence-corrected chi connectivity index (χ3v) is 4.87. The molecule has 0 amide bonds. The molecular weight excluding hydrogens is 656 g/mol. The number of aromatic nitrogens is 16. The van der Waals surface area contributed by atoms with Gasteiger partial charge in [0, 0.05) is 54.3 Å². The van der Waals surface area contributed by atoms with Crippen LogP contribution in [0.15, 0.2) is 57.4 Å². The highest BCUT2D eigenvalue weighted by atomic mass is 16.5. The summed E-state index contributed by atoms with van der Waals surface area (Å²) in [7, 11) is 5.63. The second kappa shape index (κ2) is 25.9. The lowest BCUT2D eigenvalue weighted by molar-refractivity contribution is 0.389. The van der Waals surface area contributed by atoms with Gasteiger partial charge in [-0.3, -0.25) is 9.36 Å². The highest BCUT2D eigenvalue weighted by Crippen LogP contribution is 1.95. The van der Waals surface area contributed by atoms with E-state index in [0.717, 1.165) is 34.9 Å². The third kappa shape index (κ3) is 24.7. The second-order valence-corrected chi connectivity index (χ2v) is 9.97. The molecule has 0 saturated carbocycles. The molecule has 0 radical (unpaired) electrons. The van der Waals surface area contributed by atoms with Crippen LogP contribution in [-0.4, -0.2) is 79.3 Å². The van der Waals surface area contributed by atoms with Crippen LogP contribution in [0.3, 0.4) is 0 Å². The first-order chi connectivity index (χ1) is 24.1. The van der Waals surface area contributed by atoms with E-state index in [2.05, 4.69) is 74.4 Å². The van der Waals surface area contributed by atoms with Crippen molar-refractivity contribution in [2.24, 2.45) is 21.1 Å². The summed E-state index contributed by atoms with van der Waals surface area (Å²) in [5.74, 6) is 6.56. The molecule has 19 nitrogen and oxygen atoms in total. The van der Waals surface area contributed by atoms with Crippen molar-refractivity contribution < 1.29 is 13.5 Å². The third-order valence-electron chi connectivity index (χ3n) is 4.87. The van der Waals surface area contributed by atoms with Crippen molar-refractivity contribution in [3.05, 3.63) is 102 Å². The average molecular weight is 709 g/mol. The lowest BCUT2D eigenvalue weighted by Gasteiger charge is -1.88. The van der Waals surface area contributed by atoms with Crippen molar-refractivity contribution in [1.29, 1.82) is 0 Å². The molecule has 0 atom stereocenters. The predicted octanol–water partition coefficient (Wildman–Crippen LogP) is 4.85. The van der Waals surface area contributed by atoms with Crippen LogP contribution in [0.5, 0.6) is 0 Å². The number of oxazole rings is 1. The number of aryl methyl sites for hydroxylation is 13. The Labute approximate surface area is 299 Å². The zero-order chi connectivity index (χ0) is 38.8. The molecule has 278 valence electrons. The van der Waals surface area contributed by atoms with Gasteiger partial charge in [-0.05, 0) is 48.5 Å². The Morgan fingerprint density at radius 2 is 0.980 bits per heavy atom. The lowest BCUT2D eigenvalue weighted by atomic mass is 10.6. The van der Waals surface area contributed by atoms with E-state index in [-0.39, 0.29) is 0 Å². The first-order valence-electron chi connectivity index (χ1n) is 15.7. The zero-order valence-corrected chi connectivity index (χ0v) is 32.4. The number of hydrogen-bond acceptors (Lipinski definition) is 16. The van der Waals surface area contributed by atoms with Crippen molar-refractivity contribution >= 4 is 0 Å². The molecular formula is C32H52N16O3. The smallest absolute Gasteiger partial charge is 0.223 e. The quantitative estimate of drug-likeness (QED) is 0.205. The molecule has 0 aliphatic heterocycles. The number of imidazole rings is 1. The van der Waals surface area contributed by atoms with Crippen molar-refractivity contribution in [1.82, 2.24) is 79.3 Å². The van der Waals surface area contributed by atoms with Gasteiger partial charge >= 0.3 is 0 Å². The maximum atomic E-state index is 4.85. The van der Waals surface area contributed by atoms with E-state index < -0.39 is 0 Å². The number of nitrogens with zero attached hydrogens (tertiary/aromatic N) is 16. The number of rotatable bonds is 0. The largest absolute Gasteiger partial charge is 0.449 e. The minimum Gasteiger partial charge on any atom is -0.449 e. The van der Waals surface area contributed by atoms with Gasteiger partial charge in [0.1, 0.15) is 48.5 Å². The Balaban J connectivity index is 0.000000568. The van der Waals surface area contributed by atoms with Crippen LogP contribution in [0.25, 0.3) is 0 Å². The van der Waals surface area contributed by atoms with Crippen LogP contribution >= 0.6 is 0 Å². The fourth-order valence-corrected chi connectivity index (χ4v) is 2.98. The van der Waals surface area contributed by atoms with Gasteiger partial charge in [-0.15, -0.1) is 0 Å². The van der Waals surface area contributed by atoms with Crippen molar-refractivity contribution in [2.45, 2.75) is 83.1 Å². The molecule has 0 spiro atoms. The molecule has 7 aromatic rings. The molecule has 0 aliphatic rings. The molecule has 7 heterocycles. The summed E-state index contributed by atoms with van der Waals surface area (Å²) < 4.78 is 19.3. The van der Waals surface area contributed by atoms with Crippen molar-refractivity contribution in [3.8, 4) is 0 Å². The Bertz CT molecular complexity index is 1510. The monoisotopic (exact) mass is 708 g/mol. The highest BCUT2D eigenvalue weighted by Gasteiger charge is 1.91. The maximum Gasteiger partial charge on any atom is 0.223 e. The molecule has 19 heteroatoms. The fraction of sp³-hybridized carbons (Fsp3) is 0.469. The van der Waals surface area contributed by atoms with Gasteiger partial charge in [0.05, 0.1) is 12.0 Å². The van der Waals surface area contributed by atoms with Crippen LogP contribution in [0.2, 0.25) is 0 Å². The lowest BCUT2D eigenvalue weighted by Crippen LogP contribution is -1.91. The molecule has 0 saturated heterocycles. The minimum atomic E-state index is 0.623. The van der Waals surface area contributed by atoms with E-state index >= 15 is 0 Å². The predicted molar refractivity (Wildman–Crippen MR) is 189 cm³/mol. The van der Waals surface area contributed by atoms with Gasteiger partial charge in [0.25, 0.3) is 0 Å². The summed E-state index contributed by atoms with van der Waals surface area (Å²) in [6.45, 7) is 22.2. The average Bonchev–Trinajstić information content (AvgIpc) is 3.95. The summed E-state index contributed by atoms with van der Waals surface area (Å²) >= 11 is 0. The van der Waals surface area contributed by atoms with Gasteiger partial charge in [-0.1, -0.05) is 24.2 Å². The minimum absolute atomic E-state index is 0.623. The van der Waals surface area contributed by atoms with E-state index in [1.807, 2.05) is 87.3 Å². The Kier molecular flexibility index (Phi) is 22.9. The van der Waals surface area contributed by atoms with Gasteiger partial charge in [-0.25, -0.2) is 34.9 Å².